The van der Waals surface area contributed by atoms with Gasteiger partial charge in [-0.3, -0.25) is 0 Å². The highest BCUT2D eigenvalue weighted by molar-refractivity contribution is 5.21. The van der Waals surface area contributed by atoms with E-state index >= 15 is 0 Å². The van der Waals surface area contributed by atoms with Crippen LogP contribution in [0.4, 0.5) is 4.39 Å². The summed E-state index contributed by atoms with van der Waals surface area (Å²) in [4.78, 5) is 0. The predicted octanol–water partition coefficient (Wildman–Crippen LogP) is 4.69. The van der Waals surface area contributed by atoms with Gasteiger partial charge in [0.25, 0.3) is 0 Å². The van der Waals surface area contributed by atoms with Gasteiger partial charge in [0.2, 0.25) is 0 Å². The molecule has 4 atom stereocenters. The second kappa shape index (κ2) is 6.51. The average Bonchev–Trinajstić information content (AvgIpc) is 2.41. The Labute approximate surface area is 116 Å². The van der Waals surface area contributed by atoms with Crippen molar-refractivity contribution in [3.63, 3.8) is 0 Å². The third-order valence-electron chi connectivity index (χ3n) is 4.81. The predicted molar refractivity (Wildman–Crippen MR) is 78.5 cm³/mol. The van der Waals surface area contributed by atoms with E-state index in [1.54, 1.807) is 12.1 Å². The van der Waals surface area contributed by atoms with Crippen molar-refractivity contribution in [2.45, 2.75) is 58.5 Å². The van der Waals surface area contributed by atoms with Crippen LogP contribution in [0.3, 0.4) is 0 Å². The van der Waals surface area contributed by atoms with Crippen molar-refractivity contribution < 1.29 is 4.39 Å². The van der Waals surface area contributed by atoms with Gasteiger partial charge in [-0.25, -0.2) is 4.39 Å². The summed E-state index contributed by atoms with van der Waals surface area (Å²) in [5.41, 5.74) is 0.815. The van der Waals surface area contributed by atoms with E-state index in [9.17, 15) is 4.39 Å². The molecule has 0 heterocycles. The van der Waals surface area contributed by atoms with Crippen LogP contribution in [0.2, 0.25) is 0 Å². The lowest BCUT2D eigenvalue weighted by Crippen LogP contribution is -2.42. The van der Waals surface area contributed by atoms with Gasteiger partial charge in [-0.1, -0.05) is 51.8 Å². The van der Waals surface area contributed by atoms with Gasteiger partial charge in [0.1, 0.15) is 5.82 Å². The van der Waals surface area contributed by atoms with Crippen molar-refractivity contribution in [3.8, 4) is 0 Å². The third kappa shape index (κ3) is 3.36. The number of hydrogen-bond donors (Lipinski definition) is 1. The van der Waals surface area contributed by atoms with E-state index in [0.717, 1.165) is 17.9 Å². The Bertz CT molecular complexity index is 404. The van der Waals surface area contributed by atoms with Crippen LogP contribution >= 0.6 is 0 Å². The number of hydrogen-bond acceptors (Lipinski definition) is 1. The van der Waals surface area contributed by atoms with Crippen molar-refractivity contribution in [1.29, 1.82) is 0 Å². The lowest BCUT2D eigenvalue weighted by Gasteiger charge is -2.37. The molecule has 1 nitrogen and oxygen atoms in total. The Morgan fingerprint density at radius 1 is 1.26 bits per heavy atom. The maximum atomic E-state index is 13.9. The highest BCUT2D eigenvalue weighted by Gasteiger charge is 2.29. The first-order valence-corrected chi connectivity index (χ1v) is 7.64. The van der Waals surface area contributed by atoms with E-state index in [1.807, 2.05) is 12.1 Å². The van der Waals surface area contributed by atoms with Crippen LogP contribution in [0, 0.1) is 17.7 Å². The molecule has 0 aromatic heterocycles. The van der Waals surface area contributed by atoms with Crippen LogP contribution in [0.1, 0.15) is 58.1 Å². The average molecular weight is 263 g/mol. The van der Waals surface area contributed by atoms with Gasteiger partial charge in [-0.2, -0.15) is 0 Å². The highest BCUT2D eigenvalue weighted by atomic mass is 19.1. The molecule has 2 heteroatoms. The quantitative estimate of drug-likeness (QED) is 0.831. The number of halogens is 1. The molecule has 106 valence electrons. The molecule has 2 rings (SSSR count). The van der Waals surface area contributed by atoms with E-state index in [0.29, 0.717) is 12.0 Å². The Hall–Kier alpha value is -0.890. The summed E-state index contributed by atoms with van der Waals surface area (Å²) in [5.74, 6) is 1.36. The van der Waals surface area contributed by atoms with Gasteiger partial charge in [0.05, 0.1) is 0 Å². The standard InChI is InChI=1S/C17H26FN/c1-4-16(14-9-5-6-10-15(14)18)19-17-11-7-8-12(2)13(17)3/h5-6,9-10,12-13,16-17,19H,4,7-8,11H2,1-3H3. The van der Waals surface area contributed by atoms with Gasteiger partial charge in [-0.05, 0) is 30.7 Å². The summed E-state index contributed by atoms with van der Waals surface area (Å²) >= 11 is 0. The molecule has 1 aromatic carbocycles. The fourth-order valence-electron chi connectivity index (χ4n) is 3.26. The molecule has 0 saturated heterocycles. The first kappa shape index (κ1) is 14.5. The van der Waals surface area contributed by atoms with Gasteiger partial charge < -0.3 is 5.32 Å². The van der Waals surface area contributed by atoms with Crippen molar-refractivity contribution >= 4 is 0 Å². The van der Waals surface area contributed by atoms with Gasteiger partial charge >= 0.3 is 0 Å². The molecule has 19 heavy (non-hydrogen) atoms. The van der Waals surface area contributed by atoms with Crippen LogP contribution in [0.25, 0.3) is 0 Å². The van der Waals surface area contributed by atoms with Crippen LogP contribution in [-0.4, -0.2) is 6.04 Å². The SMILES string of the molecule is CCC(NC1CCCC(C)C1C)c1ccccc1F. The Morgan fingerprint density at radius 2 is 2.00 bits per heavy atom. The molecule has 1 aliphatic carbocycles. The first-order valence-electron chi connectivity index (χ1n) is 7.64. The van der Waals surface area contributed by atoms with E-state index in [-0.39, 0.29) is 11.9 Å². The third-order valence-corrected chi connectivity index (χ3v) is 4.81. The largest absolute Gasteiger partial charge is 0.307 e. The Balaban J connectivity index is 2.09. The monoisotopic (exact) mass is 263 g/mol. The second-order valence-electron chi connectivity index (χ2n) is 6.02. The number of nitrogens with one attached hydrogen (secondary N) is 1. The van der Waals surface area contributed by atoms with Crippen molar-refractivity contribution in [3.05, 3.63) is 35.6 Å². The summed E-state index contributed by atoms with van der Waals surface area (Å²) in [6, 6.07) is 7.82. The van der Waals surface area contributed by atoms with E-state index < -0.39 is 0 Å². The van der Waals surface area contributed by atoms with Crippen molar-refractivity contribution in [2.24, 2.45) is 11.8 Å². The summed E-state index contributed by atoms with van der Waals surface area (Å²) in [6.45, 7) is 6.79. The zero-order chi connectivity index (χ0) is 13.8. The maximum absolute atomic E-state index is 13.9. The smallest absolute Gasteiger partial charge is 0.127 e. The van der Waals surface area contributed by atoms with Crippen LogP contribution in [-0.2, 0) is 0 Å². The topological polar surface area (TPSA) is 12.0 Å². The molecule has 1 aromatic rings. The molecule has 0 bridgehead atoms. The Kier molecular flexibility index (Phi) is 4.98. The molecular weight excluding hydrogens is 237 g/mol. The van der Waals surface area contributed by atoms with Crippen LogP contribution in [0.5, 0.6) is 0 Å². The van der Waals surface area contributed by atoms with Crippen molar-refractivity contribution in [1.82, 2.24) is 5.32 Å². The fourth-order valence-corrected chi connectivity index (χ4v) is 3.26. The molecule has 0 aliphatic heterocycles. The molecule has 0 radical (unpaired) electrons. The first-order chi connectivity index (χ1) is 9.13. The summed E-state index contributed by atoms with van der Waals surface area (Å²) in [7, 11) is 0. The maximum Gasteiger partial charge on any atom is 0.127 e. The van der Waals surface area contributed by atoms with E-state index in [2.05, 4.69) is 26.1 Å². The van der Waals surface area contributed by atoms with Gasteiger partial charge in [0, 0.05) is 17.6 Å². The van der Waals surface area contributed by atoms with Crippen LogP contribution < -0.4 is 5.32 Å². The summed E-state index contributed by atoms with van der Waals surface area (Å²) in [5, 5.41) is 3.70. The lowest BCUT2D eigenvalue weighted by atomic mass is 9.77. The van der Waals surface area contributed by atoms with E-state index in [4.69, 9.17) is 0 Å². The van der Waals surface area contributed by atoms with Gasteiger partial charge in [-0.15, -0.1) is 0 Å². The minimum atomic E-state index is -0.0849. The number of rotatable bonds is 4. The molecule has 0 spiro atoms. The van der Waals surface area contributed by atoms with E-state index in [1.165, 1.54) is 19.3 Å². The van der Waals surface area contributed by atoms with Crippen LogP contribution in [0.15, 0.2) is 24.3 Å². The lowest BCUT2D eigenvalue weighted by molar-refractivity contribution is 0.191. The molecule has 1 aliphatic rings. The molecular formula is C17H26FN. The van der Waals surface area contributed by atoms with Crippen molar-refractivity contribution in [2.75, 3.05) is 0 Å². The minimum Gasteiger partial charge on any atom is -0.307 e. The fraction of sp³-hybridized carbons (Fsp3) is 0.647. The molecule has 1 saturated carbocycles. The molecule has 1 fully saturated rings. The molecule has 0 amide bonds. The summed E-state index contributed by atoms with van der Waals surface area (Å²) in [6.07, 6.45) is 4.77. The normalized spacial score (nSPS) is 29.2. The molecule has 1 N–H and O–H groups in total. The Morgan fingerprint density at radius 3 is 2.68 bits per heavy atom. The molecule has 4 unspecified atom stereocenters. The minimum absolute atomic E-state index is 0.0849. The van der Waals surface area contributed by atoms with Gasteiger partial charge in [0.15, 0.2) is 0 Å². The number of benzene rings is 1. The highest BCUT2D eigenvalue weighted by Crippen LogP contribution is 2.32. The summed E-state index contributed by atoms with van der Waals surface area (Å²) < 4.78 is 13.9. The second-order valence-corrected chi connectivity index (χ2v) is 6.02. The zero-order valence-corrected chi connectivity index (χ0v) is 12.3. The zero-order valence-electron chi connectivity index (χ0n) is 12.3.